The molecule has 0 N–H and O–H groups in total. The largest absolute Gasteiger partial charge is 0.456 e. The fraction of sp³-hybridized carbons (Fsp3) is 0.0909. The third-order valence-electron chi connectivity index (χ3n) is 14.1. The van der Waals surface area contributed by atoms with Crippen LogP contribution in [0.25, 0.3) is 66.4 Å². The van der Waals surface area contributed by atoms with Crippen LogP contribution in [0.5, 0.6) is 0 Å². The Labute approximate surface area is 405 Å². The van der Waals surface area contributed by atoms with Crippen molar-refractivity contribution in [3.63, 3.8) is 0 Å². The number of fused-ring (bicyclic) bond motifs is 3. The summed E-state index contributed by atoms with van der Waals surface area (Å²) < 4.78 is 6.38. The van der Waals surface area contributed by atoms with Gasteiger partial charge in [0.05, 0.1) is 0 Å². The maximum atomic E-state index is 6.38. The van der Waals surface area contributed by atoms with E-state index in [0.29, 0.717) is 5.92 Å². The first-order valence-electron chi connectivity index (χ1n) is 24.4. The van der Waals surface area contributed by atoms with Crippen molar-refractivity contribution in [2.75, 3.05) is 9.80 Å². The molecule has 0 spiro atoms. The van der Waals surface area contributed by atoms with Crippen LogP contribution >= 0.6 is 0 Å². The van der Waals surface area contributed by atoms with Crippen molar-refractivity contribution in [3.8, 4) is 44.5 Å². The Morgan fingerprint density at radius 2 is 0.696 bits per heavy atom. The van der Waals surface area contributed by atoms with Crippen LogP contribution < -0.4 is 9.80 Å². The lowest BCUT2D eigenvalue weighted by Gasteiger charge is -2.28. The zero-order chi connectivity index (χ0) is 45.9. The Hall–Kier alpha value is -8.40. The molecule has 12 rings (SSSR count). The van der Waals surface area contributed by atoms with E-state index in [2.05, 4.69) is 246 Å². The highest BCUT2D eigenvalue weighted by Gasteiger charge is 2.21. The number of furan rings is 1. The van der Waals surface area contributed by atoms with Crippen molar-refractivity contribution in [1.29, 1.82) is 0 Å². The molecule has 1 aliphatic carbocycles. The van der Waals surface area contributed by atoms with E-state index in [1.165, 1.54) is 82.3 Å². The van der Waals surface area contributed by atoms with Crippen molar-refractivity contribution < 1.29 is 4.42 Å². The van der Waals surface area contributed by atoms with E-state index in [0.717, 1.165) is 55.9 Å². The van der Waals surface area contributed by atoms with Crippen molar-refractivity contribution in [3.05, 3.63) is 254 Å². The van der Waals surface area contributed by atoms with Gasteiger partial charge in [-0.2, -0.15) is 0 Å². The summed E-state index contributed by atoms with van der Waals surface area (Å²) in [4.78, 5) is 4.72. The van der Waals surface area contributed by atoms with Crippen LogP contribution in [0.4, 0.5) is 34.1 Å². The van der Waals surface area contributed by atoms with Gasteiger partial charge in [-0.25, -0.2) is 0 Å². The predicted octanol–water partition coefficient (Wildman–Crippen LogP) is 19.2. The quantitative estimate of drug-likeness (QED) is 0.129. The summed E-state index contributed by atoms with van der Waals surface area (Å²) in [5.41, 5.74) is 19.3. The molecule has 3 heteroatoms. The summed E-state index contributed by atoms with van der Waals surface area (Å²) in [6, 6.07) is 90.2. The van der Waals surface area contributed by atoms with Crippen molar-refractivity contribution in [2.45, 2.75) is 38.0 Å². The Balaban J connectivity index is 0.957. The first-order valence-corrected chi connectivity index (χ1v) is 24.4. The van der Waals surface area contributed by atoms with Crippen LogP contribution in [0.2, 0.25) is 0 Å². The molecule has 10 aromatic carbocycles. The van der Waals surface area contributed by atoms with Crippen LogP contribution in [-0.2, 0) is 0 Å². The standard InChI is InChI=1S/C66H52N2O/c1-6-19-47(20-7-1)52-25-18-30-57(43-52)67(53-26-12-4-13-27-53)55-37-33-50(34-38-55)63-45-62(49-23-10-3-11-24-49)64(46-61(63)48-21-8-2-9-22-48)51-35-39-56(40-36-51)68(54-28-14-5-15-29-54)58-41-42-60-59-31-16-17-32-65(59)69-66(60)44-58/h2-5,8-18,21-47H,1,6-7,19-20H2. The summed E-state index contributed by atoms with van der Waals surface area (Å²) in [7, 11) is 0. The second-order valence-electron chi connectivity index (χ2n) is 18.3. The lowest BCUT2D eigenvalue weighted by molar-refractivity contribution is 0.443. The minimum atomic E-state index is 0.628. The maximum absolute atomic E-state index is 6.38. The third kappa shape index (κ3) is 8.38. The van der Waals surface area contributed by atoms with Gasteiger partial charge < -0.3 is 14.2 Å². The minimum Gasteiger partial charge on any atom is -0.456 e. The number of hydrogen-bond acceptors (Lipinski definition) is 3. The average molecular weight is 889 g/mol. The predicted molar refractivity (Wildman–Crippen MR) is 291 cm³/mol. The summed E-state index contributed by atoms with van der Waals surface area (Å²) in [6.45, 7) is 0. The number of benzene rings is 10. The van der Waals surface area contributed by atoms with Crippen molar-refractivity contribution >= 4 is 56.1 Å². The van der Waals surface area contributed by atoms with Gasteiger partial charge in [0, 0.05) is 51.0 Å². The lowest BCUT2D eigenvalue weighted by Crippen LogP contribution is -2.11. The van der Waals surface area contributed by atoms with E-state index >= 15 is 0 Å². The molecule has 0 atom stereocenters. The molecule has 1 fully saturated rings. The molecule has 0 amide bonds. The van der Waals surface area contributed by atoms with Gasteiger partial charge in [0.25, 0.3) is 0 Å². The zero-order valence-electron chi connectivity index (χ0n) is 38.6. The fourth-order valence-electron chi connectivity index (χ4n) is 10.6. The van der Waals surface area contributed by atoms with Gasteiger partial charge >= 0.3 is 0 Å². The highest BCUT2D eigenvalue weighted by molar-refractivity contribution is 6.06. The van der Waals surface area contributed by atoms with Gasteiger partial charge in [-0.3, -0.25) is 0 Å². The van der Waals surface area contributed by atoms with E-state index in [9.17, 15) is 0 Å². The lowest BCUT2D eigenvalue weighted by atomic mass is 9.84. The molecule has 0 saturated heterocycles. The Morgan fingerprint density at radius 3 is 1.23 bits per heavy atom. The number of rotatable bonds is 11. The Bertz CT molecular complexity index is 3500. The van der Waals surface area contributed by atoms with Gasteiger partial charge in [0.2, 0.25) is 0 Å². The summed E-state index contributed by atoms with van der Waals surface area (Å²) >= 11 is 0. The second kappa shape index (κ2) is 18.7. The van der Waals surface area contributed by atoms with Crippen molar-refractivity contribution in [1.82, 2.24) is 0 Å². The molecule has 1 heterocycles. The average Bonchev–Trinajstić information content (AvgIpc) is 3.81. The van der Waals surface area contributed by atoms with E-state index in [1.807, 2.05) is 12.1 Å². The van der Waals surface area contributed by atoms with Gasteiger partial charge in [-0.1, -0.05) is 171 Å². The van der Waals surface area contributed by atoms with Crippen LogP contribution in [0, 0.1) is 0 Å². The minimum absolute atomic E-state index is 0.628. The number of nitrogens with zero attached hydrogens (tertiary/aromatic N) is 2. The third-order valence-corrected chi connectivity index (χ3v) is 14.1. The Kier molecular flexibility index (Phi) is 11.4. The van der Waals surface area contributed by atoms with Gasteiger partial charge in [0.15, 0.2) is 0 Å². The summed E-state index contributed by atoms with van der Waals surface area (Å²) in [6.07, 6.45) is 6.54. The molecule has 1 saturated carbocycles. The number of para-hydroxylation sites is 3. The first-order chi connectivity index (χ1) is 34.2. The number of anilines is 6. The van der Waals surface area contributed by atoms with E-state index in [4.69, 9.17) is 4.42 Å². The van der Waals surface area contributed by atoms with Crippen molar-refractivity contribution in [2.24, 2.45) is 0 Å². The smallest absolute Gasteiger partial charge is 0.137 e. The van der Waals surface area contributed by atoms with Gasteiger partial charge in [0.1, 0.15) is 11.2 Å². The highest BCUT2D eigenvalue weighted by Crippen LogP contribution is 2.46. The van der Waals surface area contributed by atoms with Crippen LogP contribution in [0.3, 0.4) is 0 Å². The summed E-state index contributed by atoms with van der Waals surface area (Å²) in [5, 5.41) is 2.24. The maximum Gasteiger partial charge on any atom is 0.137 e. The number of hydrogen-bond donors (Lipinski definition) is 0. The van der Waals surface area contributed by atoms with Gasteiger partial charge in [-0.05, 0) is 160 Å². The monoisotopic (exact) mass is 888 g/mol. The molecule has 0 aliphatic heterocycles. The Morgan fingerprint density at radius 1 is 0.290 bits per heavy atom. The molecule has 0 unspecified atom stereocenters. The molecule has 69 heavy (non-hydrogen) atoms. The van der Waals surface area contributed by atoms with E-state index in [1.54, 1.807) is 0 Å². The molecule has 1 aromatic heterocycles. The van der Waals surface area contributed by atoms with E-state index < -0.39 is 0 Å². The molecule has 332 valence electrons. The zero-order valence-corrected chi connectivity index (χ0v) is 38.6. The molecule has 3 nitrogen and oxygen atoms in total. The molecular weight excluding hydrogens is 837 g/mol. The summed E-state index contributed by atoms with van der Waals surface area (Å²) in [5.74, 6) is 0.628. The highest BCUT2D eigenvalue weighted by atomic mass is 16.3. The molecule has 0 bridgehead atoms. The molecule has 1 aliphatic rings. The topological polar surface area (TPSA) is 19.6 Å². The van der Waals surface area contributed by atoms with Crippen LogP contribution in [0.1, 0.15) is 43.6 Å². The molecule has 11 aromatic rings. The molecular formula is C66H52N2O. The first kappa shape index (κ1) is 42.0. The normalized spacial score (nSPS) is 12.9. The second-order valence-corrected chi connectivity index (χ2v) is 18.3. The molecule has 0 radical (unpaired) electrons. The van der Waals surface area contributed by atoms with Crippen LogP contribution in [-0.4, -0.2) is 0 Å². The SMILES string of the molecule is c1ccc(-c2cc(-c3ccc(N(c4ccccc4)c4ccc5c(c4)oc4ccccc45)cc3)c(-c3ccccc3)cc2-c2ccc(N(c3ccccc3)c3cccc(C4CCCCC4)c3)cc2)cc1. The van der Waals surface area contributed by atoms with E-state index in [-0.39, 0.29) is 0 Å². The van der Waals surface area contributed by atoms with Crippen LogP contribution in [0.15, 0.2) is 253 Å². The van der Waals surface area contributed by atoms with Gasteiger partial charge in [-0.15, -0.1) is 0 Å². The fourth-order valence-corrected chi connectivity index (χ4v) is 10.6.